The van der Waals surface area contributed by atoms with E-state index in [2.05, 4.69) is 15.0 Å². The van der Waals surface area contributed by atoms with E-state index in [4.69, 9.17) is 16.3 Å². The van der Waals surface area contributed by atoms with Crippen LogP contribution in [0.3, 0.4) is 0 Å². The number of nitrogens with zero attached hydrogens (tertiary/aromatic N) is 7. The maximum absolute atomic E-state index is 13.2. The number of fused-ring (bicyclic) bond motifs is 1. The highest BCUT2D eigenvalue weighted by Gasteiger charge is 2.47. The Hall–Kier alpha value is -3.33. The van der Waals surface area contributed by atoms with Crippen LogP contribution in [0.25, 0.3) is 0 Å². The summed E-state index contributed by atoms with van der Waals surface area (Å²) in [6, 6.07) is 3.59. The molecule has 0 spiro atoms. The zero-order chi connectivity index (χ0) is 25.7. The zero-order valence-electron chi connectivity index (χ0n) is 19.7. The Bertz CT molecular complexity index is 1230. The largest absolute Gasteiger partial charge is 0.459 e. The minimum Gasteiger partial charge on any atom is -0.459 e. The molecule has 35 heavy (non-hydrogen) atoms. The number of rotatable bonds is 4. The normalized spacial score (nSPS) is 17.8. The van der Waals surface area contributed by atoms with Crippen molar-refractivity contribution in [2.45, 2.75) is 51.2 Å². The highest BCUT2D eigenvalue weighted by Crippen LogP contribution is 2.31. The Morgan fingerprint density at radius 3 is 2.54 bits per heavy atom. The summed E-state index contributed by atoms with van der Waals surface area (Å²) in [6.07, 6.45) is 0.541. The number of esters is 1. The van der Waals surface area contributed by atoms with Gasteiger partial charge in [0.25, 0.3) is 11.8 Å². The Kier molecular flexibility index (Phi) is 6.17. The van der Waals surface area contributed by atoms with E-state index >= 15 is 0 Å². The lowest BCUT2D eigenvalue weighted by Crippen LogP contribution is -2.58. The lowest BCUT2D eigenvalue weighted by molar-refractivity contribution is -0.155. The highest BCUT2D eigenvalue weighted by atomic mass is 35.5. The van der Waals surface area contributed by atoms with Crippen molar-refractivity contribution in [2.75, 3.05) is 24.5 Å². The van der Waals surface area contributed by atoms with Crippen LogP contribution < -0.4 is 4.90 Å². The van der Waals surface area contributed by atoms with E-state index in [9.17, 15) is 23.6 Å². The van der Waals surface area contributed by atoms with Gasteiger partial charge in [0.15, 0.2) is 5.82 Å². The van der Waals surface area contributed by atoms with Gasteiger partial charge in [0, 0.05) is 19.3 Å². The molecule has 186 valence electrons. The molecule has 0 radical (unpaired) electrons. The fraction of sp³-hybridized carbons (Fsp3) is 0.545. The molecule has 2 aliphatic heterocycles. The number of anilines is 1. The van der Waals surface area contributed by atoms with Gasteiger partial charge in [-0.25, -0.2) is 13.8 Å². The Balaban J connectivity index is 1.57. The van der Waals surface area contributed by atoms with Gasteiger partial charge in [-0.3, -0.25) is 9.59 Å². The summed E-state index contributed by atoms with van der Waals surface area (Å²) < 4.78 is 33.4. The molecule has 1 fully saturated rings. The van der Waals surface area contributed by atoms with Crippen molar-refractivity contribution in [1.82, 2.24) is 24.4 Å². The van der Waals surface area contributed by atoms with E-state index in [0.717, 1.165) is 16.2 Å². The summed E-state index contributed by atoms with van der Waals surface area (Å²) in [7, 11) is 1.70. The van der Waals surface area contributed by atoms with E-state index in [0.29, 0.717) is 25.2 Å². The zero-order valence-corrected chi connectivity index (χ0v) is 20.4. The van der Waals surface area contributed by atoms with Crippen LogP contribution in [0.5, 0.6) is 0 Å². The Labute approximate surface area is 205 Å². The monoisotopic (exact) mass is 507 g/mol. The molecule has 1 atom stereocenters. The molecule has 0 saturated carbocycles. The standard InChI is InChI=1S/C22H24ClF2N7O3/c1-21(2,3)35-18(34)13(8-26)16-27-19(23)29-20(28-16)31-6-5-12-7-14(30(4)15(12)9-31)17(33)32-10-22(24,25)11-32/h7,13H,5-6,9-11H2,1-4H3. The van der Waals surface area contributed by atoms with E-state index in [1.54, 1.807) is 43.4 Å². The number of carbonyl (C=O) groups is 2. The number of aromatic nitrogens is 4. The third-order valence-electron chi connectivity index (χ3n) is 5.72. The average molecular weight is 508 g/mol. The summed E-state index contributed by atoms with van der Waals surface area (Å²) in [6.45, 7) is 4.65. The second-order valence-electron chi connectivity index (χ2n) is 9.61. The van der Waals surface area contributed by atoms with Crippen molar-refractivity contribution in [3.8, 4) is 6.07 Å². The number of halogens is 3. The van der Waals surface area contributed by atoms with Gasteiger partial charge in [-0.05, 0) is 50.4 Å². The predicted molar refractivity (Wildman–Crippen MR) is 120 cm³/mol. The van der Waals surface area contributed by atoms with Gasteiger partial charge in [-0.1, -0.05) is 0 Å². The molecule has 0 aromatic carbocycles. The molecule has 2 aliphatic rings. The molecule has 13 heteroatoms. The number of ether oxygens (including phenoxy) is 1. The number of nitriles is 1. The first-order valence-corrected chi connectivity index (χ1v) is 11.3. The number of likely N-dealkylation sites (tertiary alicyclic amines) is 1. The number of hydrogen-bond donors (Lipinski definition) is 0. The topological polar surface area (TPSA) is 117 Å². The minimum atomic E-state index is -2.84. The third-order valence-corrected chi connectivity index (χ3v) is 5.89. The maximum atomic E-state index is 13.2. The second kappa shape index (κ2) is 8.71. The number of hydrogen-bond acceptors (Lipinski definition) is 8. The minimum absolute atomic E-state index is 0.121. The number of amides is 1. The molecule has 2 aromatic rings. The Morgan fingerprint density at radius 1 is 1.26 bits per heavy atom. The van der Waals surface area contributed by atoms with Crippen LogP contribution in [0.15, 0.2) is 6.07 Å². The van der Waals surface area contributed by atoms with Crippen LogP contribution in [-0.4, -0.2) is 67.5 Å². The lowest BCUT2D eigenvalue weighted by atomic mass is 10.1. The maximum Gasteiger partial charge on any atom is 0.331 e. The van der Waals surface area contributed by atoms with Crippen molar-refractivity contribution < 1.29 is 23.1 Å². The molecule has 0 aliphatic carbocycles. The van der Waals surface area contributed by atoms with Gasteiger partial charge >= 0.3 is 5.97 Å². The van der Waals surface area contributed by atoms with Crippen LogP contribution in [-0.2, 0) is 29.5 Å². The van der Waals surface area contributed by atoms with E-state index < -0.39 is 42.4 Å². The SMILES string of the molecule is Cn1c(C(=O)N2CC(F)(F)C2)cc2c1CN(c1nc(Cl)nc(C(C#N)C(=O)OC(C)(C)C)n1)CC2. The summed E-state index contributed by atoms with van der Waals surface area (Å²) in [5.41, 5.74) is 1.25. The van der Waals surface area contributed by atoms with E-state index in [-0.39, 0.29) is 17.1 Å². The molecule has 1 saturated heterocycles. The molecule has 1 unspecified atom stereocenters. The number of alkyl halides is 2. The first-order valence-electron chi connectivity index (χ1n) is 10.9. The van der Waals surface area contributed by atoms with Crippen LogP contribution in [0.4, 0.5) is 14.7 Å². The second-order valence-corrected chi connectivity index (χ2v) is 9.95. The number of carbonyl (C=O) groups excluding carboxylic acids is 2. The van der Waals surface area contributed by atoms with Gasteiger partial charge in [0.1, 0.15) is 11.3 Å². The van der Waals surface area contributed by atoms with Crippen LogP contribution in [0.1, 0.15) is 54.3 Å². The summed E-state index contributed by atoms with van der Waals surface area (Å²) in [5.74, 6) is -5.42. The predicted octanol–water partition coefficient (Wildman–Crippen LogP) is 2.47. The van der Waals surface area contributed by atoms with Crippen LogP contribution in [0.2, 0.25) is 5.28 Å². The van der Waals surface area contributed by atoms with Crippen molar-refractivity contribution >= 4 is 29.4 Å². The first kappa shape index (κ1) is 24.8. The first-order chi connectivity index (χ1) is 16.3. The fourth-order valence-corrected chi connectivity index (χ4v) is 4.20. The fourth-order valence-electron chi connectivity index (χ4n) is 4.04. The molecule has 4 rings (SSSR count). The summed E-state index contributed by atoms with van der Waals surface area (Å²) >= 11 is 6.10. The molecule has 2 aromatic heterocycles. The van der Waals surface area contributed by atoms with Gasteiger partial charge < -0.3 is 19.1 Å². The molecule has 4 heterocycles. The van der Waals surface area contributed by atoms with Crippen molar-refractivity contribution in [3.05, 3.63) is 34.1 Å². The van der Waals surface area contributed by atoms with Gasteiger partial charge in [-0.15, -0.1) is 0 Å². The van der Waals surface area contributed by atoms with Gasteiger partial charge in [-0.2, -0.15) is 15.2 Å². The molecule has 10 nitrogen and oxygen atoms in total. The molecule has 0 N–H and O–H groups in total. The van der Waals surface area contributed by atoms with Crippen LogP contribution >= 0.6 is 11.6 Å². The smallest absolute Gasteiger partial charge is 0.331 e. The molecule has 1 amide bonds. The summed E-state index contributed by atoms with van der Waals surface area (Å²) in [5, 5.41) is 9.39. The van der Waals surface area contributed by atoms with Gasteiger partial charge in [0.05, 0.1) is 25.7 Å². The third kappa shape index (κ3) is 5.05. The van der Waals surface area contributed by atoms with E-state index in [1.807, 2.05) is 6.07 Å². The quantitative estimate of drug-likeness (QED) is 0.579. The highest BCUT2D eigenvalue weighted by molar-refractivity contribution is 6.28. The lowest BCUT2D eigenvalue weighted by Gasteiger charge is -2.38. The van der Waals surface area contributed by atoms with Crippen molar-refractivity contribution in [3.63, 3.8) is 0 Å². The molecular weight excluding hydrogens is 484 g/mol. The van der Waals surface area contributed by atoms with Gasteiger partial charge in [0.2, 0.25) is 17.1 Å². The van der Waals surface area contributed by atoms with Crippen molar-refractivity contribution in [1.29, 1.82) is 5.26 Å². The summed E-state index contributed by atoms with van der Waals surface area (Å²) in [4.78, 5) is 40.5. The van der Waals surface area contributed by atoms with Crippen molar-refractivity contribution in [2.24, 2.45) is 7.05 Å². The molecule has 0 bridgehead atoms. The Morgan fingerprint density at radius 2 is 1.94 bits per heavy atom. The van der Waals surface area contributed by atoms with E-state index in [1.165, 1.54) is 0 Å². The molecular formula is C22H24ClF2N7O3. The average Bonchev–Trinajstić information content (AvgIpc) is 3.06. The van der Waals surface area contributed by atoms with Crippen LogP contribution in [0, 0.1) is 11.3 Å².